The maximum Gasteiger partial charge on any atom is 0.489 e. The molecule has 4 heteroatoms. The fraction of sp³-hybridized carbons (Fsp3) is 0. The van der Waals surface area contributed by atoms with Crippen LogP contribution in [0, 0.1) is 0 Å². The van der Waals surface area contributed by atoms with Gasteiger partial charge in [-0.15, -0.1) is 11.3 Å². The van der Waals surface area contributed by atoms with Crippen molar-refractivity contribution in [3.63, 3.8) is 0 Å². The molecule has 2 nitrogen and oxygen atoms in total. The van der Waals surface area contributed by atoms with Crippen molar-refractivity contribution >= 4 is 44.1 Å². The van der Waals surface area contributed by atoms with Crippen molar-refractivity contribution in [3.05, 3.63) is 66.7 Å². The summed E-state index contributed by atoms with van der Waals surface area (Å²) >= 11 is 1.67. The highest BCUT2D eigenvalue weighted by Crippen LogP contribution is 2.35. The summed E-state index contributed by atoms with van der Waals surface area (Å²) in [6, 6.07) is 22.2. The molecule has 3 aromatic carbocycles. The molecule has 0 aliphatic rings. The molecule has 0 aliphatic heterocycles. The molecule has 4 rings (SSSR count). The second-order valence-electron chi connectivity index (χ2n) is 5.27. The van der Waals surface area contributed by atoms with Crippen molar-refractivity contribution in [2.45, 2.75) is 0 Å². The fourth-order valence-corrected chi connectivity index (χ4v) is 4.00. The van der Waals surface area contributed by atoms with E-state index in [2.05, 4.69) is 30.3 Å². The Kier molecular flexibility index (Phi) is 3.23. The van der Waals surface area contributed by atoms with E-state index in [0.717, 1.165) is 31.3 Å². The first-order chi connectivity index (χ1) is 10.7. The second kappa shape index (κ2) is 5.25. The van der Waals surface area contributed by atoms with Crippen molar-refractivity contribution in [3.8, 4) is 11.1 Å². The van der Waals surface area contributed by atoms with Gasteiger partial charge in [-0.25, -0.2) is 0 Å². The van der Waals surface area contributed by atoms with Crippen molar-refractivity contribution in [2.75, 3.05) is 0 Å². The lowest BCUT2D eigenvalue weighted by Crippen LogP contribution is -2.30. The zero-order valence-corrected chi connectivity index (χ0v) is 12.5. The van der Waals surface area contributed by atoms with Gasteiger partial charge < -0.3 is 10.0 Å². The summed E-state index contributed by atoms with van der Waals surface area (Å²) < 4.78 is 2.23. The predicted molar refractivity (Wildman–Crippen MR) is 94.6 cm³/mol. The zero-order chi connectivity index (χ0) is 15.1. The van der Waals surface area contributed by atoms with Crippen molar-refractivity contribution in [1.29, 1.82) is 0 Å². The van der Waals surface area contributed by atoms with Crippen molar-refractivity contribution in [2.24, 2.45) is 0 Å². The van der Waals surface area contributed by atoms with Gasteiger partial charge in [0.2, 0.25) is 0 Å². The molecule has 0 saturated carbocycles. The van der Waals surface area contributed by atoms with Crippen LogP contribution in [0.25, 0.3) is 31.3 Å². The highest BCUT2D eigenvalue weighted by atomic mass is 32.1. The molecule has 1 heterocycles. The van der Waals surface area contributed by atoms with Crippen LogP contribution in [0.4, 0.5) is 0 Å². The number of hydrogen-bond donors (Lipinski definition) is 2. The Morgan fingerprint density at radius 1 is 0.727 bits per heavy atom. The minimum atomic E-state index is -1.46. The van der Waals surface area contributed by atoms with Gasteiger partial charge in [-0.2, -0.15) is 0 Å². The quantitative estimate of drug-likeness (QED) is 0.557. The van der Waals surface area contributed by atoms with E-state index in [1.165, 1.54) is 0 Å². The summed E-state index contributed by atoms with van der Waals surface area (Å²) in [7, 11) is -1.46. The first-order valence-electron chi connectivity index (χ1n) is 7.11. The van der Waals surface area contributed by atoms with Gasteiger partial charge in [-0.05, 0) is 34.8 Å². The Hall–Kier alpha value is -2.14. The largest absolute Gasteiger partial charge is 0.489 e. The number of fused-ring (bicyclic) bond motifs is 3. The Labute approximate surface area is 132 Å². The standard InChI is InChI=1S/C18H13BO2S/c20-19(21)15-7-4-8-17-18(15)14-11-13(9-10-16(14)22-17)12-5-2-1-3-6-12/h1-11,20-21H. The van der Waals surface area contributed by atoms with Crippen LogP contribution in [0.15, 0.2) is 66.7 Å². The fourth-order valence-electron chi connectivity index (χ4n) is 2.88. The van der Waals surface area contributed by atoms with E-state index < -0.39 is 7.12 Å². The molecule has 1 aromatic heterocycles. The number of hydrogen-bond acceptors (Lipinski definition) is 3. The first-order valence-corrected chi connectivity index (χ1v) is 7.92. The normalized spacial score (nSPS) is 11.2. The van der Waals surface area contributed by atoms with E-state index in [1.54, 1.807) is 17.4 Å². The molecule has 2 N–H and O–H groups in total. The molecule has 0 bridgehead atoms. The first kappa shape index (κ1) is 13.5. The third-order valence-electron chi connectivity index (χ3n) is 3.91. The van der Waals surface area contributed by atoms with Crippen LogP contribution in [-0.2, 0) is 0 Å². The summed E-state index contributed by atoms with van der Waals surface area (Å²) in [6.07, 6.45) is 0. The zero-order valence-electron chi connectivity index (χ0n) is 11.7. The molecular formula is C18H13BO2S. The van der Waals surface area contributed by atoms with Gasteiger partial charge in [0.1, 0.15) is 0 Å². The Morgan fingerprint density at radius 3 is 2.32 bits per heavy atom. The molecule has 22 heavy (non-hydrogen) atoms. The third kappa shape index (κ3) is 2.13. The number of thiophene rings is 1. The minimum absolute atomic E-state index is 0.564. The molecule has 0 saturated heterocycles. The van der Waals surface area contributed by atoms with E-state index in [4.69, 9.17) is 0 Å². The van der Waals surface area contributed by atoms with Gasteiger partial charge in [0.25, 0.3) is 0 Å². The lowest BCUT2D eigenvalue weighted by atomic mass is 9.77. The van der Waals surface area contributed by atoms with E-state index in [9.17, 15) is 10.0 Å². The highest BCUT2D eigenvalue weighted by molar-refractivity contribution is 7.26. The van der Waals surface area contributed by atoms with Gasteiger partial charge >= 0.3 is 7.12 Å². The molecule has 0 amide bonds. The molecule has 0 atom stereocenters. The Balaban J connectivity index is 2.04. The lowest BCUT2D eigenvalue weighted by molar-refractivity contribution is 0.426. The molecule has 106 valence electrons. The van der Waals surface area contributed by atoms with Crippen LogP contribution in [0.1, 0.15) is 0 Å². The highest BCUT2D eigenvalue weighted by Gasteiger charge is 2.18. The van der Waals surface area contributed by atoms with Gasteiger partial charge in [0, 0.05) is 20.2 Å². The molecule has 0 radical (unpaired) electrons. The molecular weight excluding hydrogens is 291 g/mol. The summed E-state index contributed by atoms with van der Waals surface area (Å²) in [5.41, 5.74) is 2.86. The Bertz CT molecular complexity index is 961. The lowest BCUT2D eigenvalue weighted by Gasteiger charge is -2.04. The SMILES string of the molecule is OB(O)c1cccc2sc3ccc(-c4ccccc4)cc3c12. The second-order valence-corrected chi connectivity index (χ2v) is 6.36. The average Bonchev–Trinajstić information content (AvgIpc) is 2.93. The van der Waals surface area contributed by atoms with Crippen LogP contribution >= 0.6 is 11.3 Å². The van der Waals surface area contributed by atoms with E-state index in [1.807, 2.05) is 30.3 Å². The molecule has 0 spiro atoms. The van der Waals surface area contributed by atoms with Crippen molar-refractivity contribution in [1.82, 2.24) is 0 Å². The topological polar surface area (TPSA) is 40.5 Å². The van der Waals surface area contributed by atoms with Crippen molar-refractivity contribution < 1.29 is 10.0 Å². The van der Waals surface area contributed by atoms with Crippen LogP contribution < -0.4 is 5.46 Å². The maximum atomic E-state index is 9.65. The van der Waals surface area contributed by atoms with Gasteiger partial charge in [0.05, 0.1) is 0 Å². The molecule has 0 aliphatic carbocycles. The number of rotatable bonds is 2. The Morgan fingerprint density at radius 2 is 1.55 bits per heavy atom. The van der Waals surface area contributed by atoms with E-state index >= 15 is 0 Å². The van der Waals surface area contributed by atoms with Gasteiger partial charge in [-0.1, -0.05) is 48.5 Å². The average molecular weight is 304 g/mol. The molecule has 0 fully saturated rings. The third-order valence-corrected chi connectivity index (χ3v) is 5.05. The number of benzene rings is 3. The van der Waals surface area contributed by atoms with Crippen LogP contribution in [-0.4, -0.2) is 17.2 Å². The summed E-state index contributed by atoms with van der Waals surface area (Å²) in [4.78, 5) is 0. The van der Waals surface area contributed by atoms with Crippen LogP contribution in [0.3, 0.4) is 0 Å². The van der Waals surface area contributed by atoms with Crippen LogP contribution in [0.5, 0.6) is 0 Å². The summed E-state index contributed by atoms with van der Waals surface area (Å²) in [6.45, 7) is 0. The monoisotopic (exact) mass is 304 g/mol. The summed E-state index contributed by atoms with van der Waals surface area (Å²) in [5.74, 6) is 0. The van der Waals surface area contributed by atoms with Gasteiger partial charge in [0.15, 0.2) is 0 Å². The molecule has 0 unspecified atom stereocenters. The minimum Gasteiger partial charge on any atom is -0.423 e. The van der Waals surface area contributed by atoms with E-state index in [-0.39, 0.29) is 0 Å². The van der Waals surface area contributed by atoms with Crippen LogP contribution in [0.2, 0.25) is 0 Å². The maximum absolute atomic E-state index is 9.65. The predicted octanol–water partition coefficient (Wildman–Crippen LogP) is 3.40. The smallest absolute Gasteiger partial charge is 0.423 e. The van der Waals surface area contributed by atoms with E-state index in [0.29, 0.717) is 5.46 Å². The van der Waals surface area contributed by atoms with Gasteiger partial charge in [-0.3, -0.25) is 0 Å². The summed E-state index contributed by atoms with van der Waals surface area (Å²) in [5, 5.41) is 21.3. The molecule has 4 aromatic rings.